The molecule has 0 saturated heterocycles. The van der Waals surface area contributed by atoms with Crippen molar-refractivity contribution < 1.29 is 15.0 Å². The summed E-state index contributed by atoms with van der Waals surface area (Å²) in [6.45, 7) is 1.93. The molecule has 0 aromatic rings. The van der Waals surface area contributed by atoms with E-state index in [4.69, 9.17) is 5.26 Å². The van der Waals surface area contributed by atoms with E-state index in [0.717, 1.165) is 6.16 Å². The molecule has 38 valence electrons. The molecule has 0 heterocycles. The lowest BCUT2D eigenvalue weighted by Crippen LogP contribution is -1.73. The molecular formula is C2H7O3P. The second kappa shape index (κ2) is 5.31. The molecule has 0 aliphatic rings. The summed E-state index contributed by atoms with van der Waals surface area (Å²) in [4.78, 5) is 0. The number of hydrogen-bond donors (Lipinski definition) is 1. The normalized spacial score (nSPS) is 11.0. The summed E-state index contributed by atoms with van der Waals surface area (Å²) in [6.07, 6.45) is 0.876. The van der Waals surface area contributed by atoms with E-state index >= 15 is 0 Å². The summed E-state index contributed by atoms with van der Waals surface area (Å²) in [5, 5.41) is 10.8. The van der Waals surface area contributed by atoms with Gasteiger partial charge < -0.3 is 0 Å². The lowest BCUT2D eigenvalue weighted by molar-refractivity contribution is -0.435. The van der Waals surface area contributed by atoms with E-state index in [1.54, 1.807) is 0 Å². The van der Waals surface area contributed by atoms with Crippen LogP contribution in [0.4, 0.5) is 0 Å². The Kier molecular flexibility index (Phi) is 5.58. The first-order chi connectivity index (χ1) is 2.91. The first kappa shape index (κ1) is 6.31. The largest absolute Gasteiger partial charge is 0.221 e. The van der Waals surface area contributed by atoms with E-state index in [-0.39, 0.29) is 8.81 Å². The van der Waals surface area contributed by atoms with Gasteiger partial charge in [-0.1, -0.05) is 12.0 Å². The fourth-order valence-electron chi connectivity index (χ4n) is 0.0853. The third-order valence-corrected chi connectivity index (χ3v) is 0.722. The van der Waals surface area contributed by atoms with Crippen molar-refractivity contribution in [1.82, 2.24) is 0 Å². The second-order valence-electron chi connectivity index (χ2n) is 0.656. The predicted molar refractivity (Wildman–Crippen MR) is 23.7 cm³/mol. The van der Waals surface area contributed by atoms with Crippen molar-refractivity contribution in [2.45, 2.75) is 6.92 Å². The van der Waals surface area contributed by atoms with Gasteiger partial charge in [0.15, 0.2) is 0 Å². The minimum atomic E-state index is 0.243. The fraction of sp³-hybridized carbons (Fsp3) is 1.00. The molecule has 0 radical (unpaired) electrons. The molecule has 0 amide bonds. The molecule has 6 heavy (non-hydrogen) atoms. The molecule has 1 N–H and O–H groups in total. The summed E-state index contributed by atoms with van der Waals surface area (Å²) >= 11 is 0. The minimum Gasteiger partial charge on any atom is -0.221 e. The van der Waals surface area contributed by atoms with Crippen molar-refractivity contribution in [2.75, 3.05) is 6.16 Å². The highest BCUT2D eigenvalue weighted by Crippen LogP contribution is 2.07. The van der Waals surface area contributed by atoms with Gasteiger partial charge in [-0.15, -0.1) is 0 Å². The maximum absolute atomic E-state index is 7.48. The van der Waals surface area contributed by atoms with Crippen molar-refractivity contribution in [3.05, 3.63) is 0 Å². The van der Waals surface area contributed by atoms with Crippen LogP contribution < -0.4 is 0 Å². The smallest absolute Gasteiger partial charge is 0.0597 e. The molecule has 0 rings (SSSR count). The van der Waals surface area contributed by atoms with Crippen LogP contribution in [0.3, 0.4) is 0 Å². The summed E-state index contributed by atoms with van der Waals surface area (Å²) in [5.41, 5.74) is 0. The summed E-state index contributed by atoms with van der Waals surface area (Å²) < 4.78 is 4.07. The Balaban J connectivity index is 2.34. The van der Waals surface area contributed by atoms with Crippen LogP contribution in [0.15, 0.2) is 0 Å². The van der Waals surface area contributed by atoms with Gasteiger partial charge in [-0.05, 0) is 6.16 Å². The highest BCUT2D eigenvalue weighted by molar-refractivity contribution is 7.31. The SMILES string of the molecule is CCPOOO. The maximum atomic E-state index is 7.48. The van der Waals surface area contributed by atoms with Crippen molar-refractivity contribution in [2.24, 2.45) is 0 Å². The second-order valence-corrected chi connectivity index (χ2v) is 1.82. The van der Waals surface area contributed by atoms with Crippen LogP contribution in [0.5, 0.6) is 0 Å². The van der Waals surface area contributed by atoms with Crippen LogP contribution in [0, 0.1) is 0 Å². The first-order valence-electron chi connectivity index (χ1n) is 1.61. The van der Waals surface area contributed by atoms with Crippen molar-refractivity contribution >= 4 is 8.81 Å². The molecule has 4 heteroatoms. The molecule has 0 saturated carbocycles. The van der Waals surface area contributed by atoms with E-state index in [0.29, 0.717) is 0 Å². The number of rotatable bonds is 3. The monoisotopic (exact) mass is 110 g/mol. The number of hydrogen-bond acceptors (Lipinski definition) is 3. The van der Waals surface area contributed by atoms with Crippen LogP contribution in [0.2, 0.25) is 0 Å². The Labute approximate surface area is 38.0 Å². The standard InChI is InChI=1S/C2H7O3P/c1-2-6-5-4-3/h3,6H,2H2,1H3. The minimum absolute atomic E-state index is 0.243. The van der Waals surface area contributed by atoms with Gasteiger partial charge in [0, 0.05) is 0 Å². The molecule has 0 aliphatic carbocycles. The van der Waals surface area contributed by atoms with Gasteiger partial charge in [-0.25, -0.2) is 5.26 Å². The van der Waals surface area contributed by atoms with Crippen molar-refractivity contribution in [3.63, 3.8) is 0 Å². The zero-order valence-corrected chi connectivity index (χ0v) is 4.47. The van der Waals surface area contributed by atoms with Crippen LogP contribution in [-0.2, 0) is 9.71 Å². The van der Waals surface area contributed by atoms with Crippen molar-refractivity contribution in [1.29, 1.82) is 0 Å². The highest BCUT2D eigenvalue weighted by Gasteiger charge is 1.75. The van der Waals surface area contributed by atoms with Crippen molar-refractivity contribution in [3.8, 4) is 0 Å². The Bertz CT molecular complexity index is 20.8. The van der Waals surface area contributed by atoms with E-state index in [2.05, 4.69) is 9.71 Å². The Morgan fingerprint density at radius 1 is 1.83 bits per heavy atom. The van der Waals surface area contributed by atoms with Gasteiger partial charge >= 0.3 is 0 Å². The van der Waals surface area contributed by atoms with E-state index in [1.807, 2.05) is 6.92 Å². The topological polar surface area (TPSA) is 38.7 Å². The fourth-order valence-corrected chi connectivity index (χ4v) is 0.256. The van der Waals surface area contributed by atoms with Gasteiger partial charge in [0.25, 0.3) is 0 Å². The molecule has 0 aliphatic heterocycles. The molecule has 1 unspecified atom stereocenters. The van der Waals surface area contributed by atoms with Gasteiger partial charge in [0.05, 0.1) is 8.81 Å². The molecule has 1 atom stereocenters. The zero-order chi connectivity index (χ0) is 4.83. The first-order valence-corrected chi connectivity index (χ1v) is 2.73. The Morgan fingerprint density at radius 2 is 2.50 bits per heavy atom. The van der Waals surface area contributed by atoms with Crippen LogP contribution in [0.1, 0.15) is 6.92 Å². The van der Waals surface area contributed by atoms with Gasteiger partial charge in [0.2, 0.25) is 0 Å². The van der Waals surface area contributed by atoms with E-state index in [1.165, 1.54) is 0 Å². The van der Waals surface area contributed by atoms with Crippen LogP contribution in [-0.4, -0.2) is 11.4 Å². The summed E-state index contributed by atoms with van der Waals surface area (Å²) in [6, 6.07) is 0. The Hall–Kier alpha value is 0.310. The molecule has 0 aromatic heterocycles. The van der Waals surface area contributed by atoms with Crippen LogP contribution >= 0.6 is 8.81 Å². The Morgan fingerprint density at radius 3 is 2.67 bits per heavy atom. The van der Waals surface area contributed by atoms with E-state index in [9.17, 15) is 0 Å². The molecule has 0 fully saturated rings. The van der Waals surface area contributed by atoms with Crippen LogP contribution in [0.25, 0.3) is 0 Å². The third kappa shape index (κ3) is 4.31. The molecule has 0 spiro atoms. The molecule has 0 aromatic carbocycles. The predicted octanol–water partition coefficient (Wildman–Crippen LogP) is 1.02. The lowest BCUT2D eigenvalue weighted by Gasteiger charge is -1.87. The van der Waals surface area contributed by atoms with E-state index < -0.39 is 0 Å². The third-order valence-electron chi connectivity index (χ3n) is 0.241. The average Bonchev–Trinajstić information content (AvgIpc) is 1.61. The molecular weight excluding hydrogens is 103 g/mol. The summed E-state index contributed by atoms with van der Waals surface area (Å²) in [5.74, 6) is 0. The van der Waals surface area contributed by atoms with Gasteiger partial charge in [-0.2, -0.15) is 4.67 Å². The maximum Gasteiger partial charge on any atom is 0.0597 e. The van der Waals surface area contributed by atoms with Gasteiger partial charge in [-0.3, -0.25) is 0 Å². The average molecular weight is 110 g/mol. The van der Waals surface area contributed by atoms with Gasteiger partial charge in [0.1, 0.15) is 0 Å². The quantitative estimate of drug-likeness (QED) is 0.255. The molecule has 0 bridgehead atoms. The molecule has 3 nitrogen and oxygen atoms in total. The lowest BCUT2D eigenvalue weighted by atomic mass is 11.0. The zero-order valence-electron chi connectivity index (χ0n) is 3.47. The summed E-state index contributed by atoms with van der Waals surface area (Å²) in [7, 11) is 0.243. The highest BCUT2D eigenvalue weighted by atomic mass is 31.1.